The van der Waals surface area contributed by atoms with Crippen LogP contribution >= 0.6 is 0 Å². The van der Waals surface area contributed by atoms with Crippen LogP contribution in [0.5, 0.6) is 5.75 Å². The lowest BCUT2D eigenvalue weighted by atomic mass is 10.2. The van der Waals surface area contributed by atoms with E-state index in [1.165, 1.54) is 12.1 Å². The maximum absolute atomic E-state index is 13.2. The summed E-state index contributed by atoms with van der Waals surface area (Å²) in [6.07, 6.45) is 2.38. The fraction of sp³-hybridized carbons (Fsp3) is 0.562. The van der Waals surface area contributed by atoms with Crippen LogP contribution in [0.15, 0.2) is 29.3 Å². The Kier molecular flexibility index (Phi) is 9.22. The molecule has 0 spiro atoms. The molecule has 0 aliphatic rings. The maximum Gasteiger partial charge on any atom is 0.208 e. The zero-order chi connectivity index (χ0) is 18.7. The molecular formula is C16H27FN4O3S. The van der Waals surface area contributed by atoms with Crippen molar-refractivity contribution in [1.29, 1.82) is 0 Å². The fourth-order valence-corrected chi connectivity index (χ4v) is 2.50. The van der Waals surface area contributed by atoms with Gasteiger partial charge in [-0.2, -0.15) is 0 Å². The molecule has 0 saturated carbocycles. The van der Waals surface area contributed by atoms with E-state index in [0.717, 1.165) is 12.7 Å². The predicted molar refractivity (Wildman–Crippen MR) is 97.9 cm³/mol. The smallest absolute Gasteiger partial charge is 0.208 e. The first kappa shape index (κ1) is 21.2. The highest BCUT2D eigenvalue weighted by Crippen LogP contribution is 2.14. The molecule has 9 heteroatoms. The number of hydrogen-bond acceptors (Lipinski definition) is 4. The predicted octanol–water partition coefficient (Wildman–Crippen LogP) is 1.09. The molecule has 1 rings (SSSR count). The average molecular weight is 374 g/mol. The molecule has 1 aromatic rings. The molecule has 0 aliphatic carbocycles. The monoisotopic (exact) mass is 374 g/mol. The SMILES string of the molecule is CCC(CNC(=NC)NCCCNS(C)(=O)=O)Oc1cccc(F)c1. The van der Waals surface area contributed by atoms with Gasteiger partial charge in [-0.25, -0.2) is 17.5 Å². The van der Waals surface area contributed by atoms with E-state index in [9.17, 15) is 12.8 Å². The number of sulfonamides is 1. The standard InChI is InChI=1S/C16H27FN4O3S/c1-4-14(24-15-8-5-7-13(17)11-15)12-20-16(18-2)19-9-6-10-21-25(3,22)23/h5,7-8,11,14,21H,4,6,9-10,12H2,1-3H3,(H2,18,19,20). The third-order valence-corrected chi connectivity index (χ3v) is 4.01. The van der Waals surface area contributed by atoms with Crippen molar-refractivity contribution in [3.63, 3.8) is 0 Å². The van der Waals surface area contributed by atoms with Crippen LogP contribution in [0.25, 0.3) is 0 Å². The molecule has 0 heterocycles. The third-order valence-electron chi connectivity index (χ3n) is 3.29. The summed E-state index contributed by atoms with van der Waals surface area (Å²) in [6, 6.07) is 6.05. The van der Waals surface area contributed by atoms with E-state index in [1.807, 2.05) is 6.92 Å². The summed E-state index contributed by atoms with van der Waals surface area (Å²) in [5.74, 6) is 0.754. The van der Waals surface area contributed by atoms with Crippen molar-refractivity contribution in [3.05, 3.63) is 30.1 Å². The molecular weight excluding hydrogens is 347 g/mol. The number of aliphatic imine (C=N–C) groups is 1. The van der Waals surface area contributed by atoms with E-state index < -0.39 is 10.0 Å². The molecule has 0 saturated heterocycles. The quantitative estimate of drug-likeness (QED) is 0.324. The van der Waals surface area contributed by atoms with E-state index in [4.69, 9.17) is 4.74 Å². The minimum atomic E-state index is -3.15. The van der Waals surface area contributed by atoms with E-state index in [1.54, 1.807) is 19.2 Å². The highest BCUT2D eigenvalue weighted by molar-refractivity contribution is 7.88. The molecule has 0 aromatic heterocycles. The fourth-order valence-electron chi connectivity index (χ4n) is 1.99. The second kappa shape index (κ2) is 10.9. The Morgan fingerprint density at radius 2 is 2.08 bits per heavy atom. The van der Waals surface area contributed by atoms with Gasteiger partial charge in [-0.1, -0.05) is 13.0 Å². The third kappa shape index (κ3) is 9.88. The number of nitrogens with one attached hydrogen (secondary N) is 3. The number of ether oxygens (including phenoxy) is 1. The van der Waals surface area contributed by atoms with Gasteiger partial charge in [0.15, 0.2) is 5.96 Å². The highest BCUT2D eigenvalue weighted by Gasteiger charge is 2.10. The van der Waals surface area contributed by atoms with Crippen molar-refractivity contribution in [1.82, 2.24) is 15.4 Å². The Hall–Kier alpha value is -1.87. The summed E-state index contributed by atoms with van der Waals surface area (Å²) >= 11 is 0. The molecule has 0 radical (unpaired) electrons. The van der Waals surface area contributed by atoms with Crippen molar-refractivity contribution >= 4 is 16.0 Å². The summed E-state index contributed by atoms with van der Waals surface area (Å²) in [5, 5.41) is 6.24. The lowest BCUT2D eigenvalue weighted by Crippen LogP contribution is -2.43. The Bertz CT molecular complexity index is 653. The van der Waals surface area contributed by atoms with Gasteiger partial charge >= 0.3 is 0 Å². The Morgan fingerprint density at radius 3 is 2.68 bits per heavy atom. The van der Waals surface area contributed by atoms with Crippen LogP contribution in [0, 0.1) is 5.82 Å². The van der Waals surface area contributed by atoms with E-state index in [-0.39, 0.29) is 11.9 Å². The summed E-state index contributed by atoms with van der Waals surface area (Å²) in [7, 11) is -1.50. The summed E-state index contributed by atoms with van der Waals surface area (Å²) in [4.78, 5) is 4.10. The topological polar surface area (TPSA) is 91.8 Å². The number of halogens is 1. The molecule has 0 amide bonds. The van der Waals surface area contributed by atoms with Gasteiger partial charge in [0.2, 0.25) is 10.0 Å². The number of benzene rings is 1. The van der Waals surface area contributed by atoms with Gasteiger partial charge in [0, 0.05) is 26.2 Å². The number of nitrogens with zero attached hydrogens (tertiary/aromatic N) is 1. The van der Waals surface area contributed by atoms with Crippen molar-refractivity contribution in [3.8, 4) is 5.75 Å². The minimum Gasteiger partial charge on any atom is -0.489 e. The Labute approximate surface area is 149 Å². The molecule has 0 aliphatic heterocycles. The van der Waals surface area contributed by atoms with Gasteiger partial charge in [-0.05, 0) is 25.0 Å². The van der Waals surface area contributed by atoms with Crippen LogP contribution in [-0.2, 0) is 10.0 Å². The van der Waals surface area contributed by atoms with E-state index >= 15 is 0 Å². The first-order chi connectivity index (χ1) is 11.8. The largest absolute Gasteiger partial charge is 0.489 e. The molecule has 1 aromatic carbocycles. The van der Waals surface area contributed by atoms with Crippen LogP contribution in [-0.4, -0.2) is 53.4 Å². The molecule has 7 nitrogen and oxygen atoms in total. The van der Waals surface area contributed by atoms with Crippen molar-refractivity contribution in [2.24, 2.45) is 4.99 Å². The normalized spacial score (nSPS) is 13.4. The second-order valence-electron chi connectivity index (χ2n) is 5.51. The van der Waals surface area contributed by atoms with Gasteiger partial charge in [0.1, 0.15) is 17.7 Å². The molecule has 0 fully saturated rings. The minimum absolute atomic E-state index is 0.132. The average Bonchev–Trinajstić information content (AvgIpc) is 2.55. The molecule has 0 bridgehead atoms. The second-order valence-corrected chi connectivity index (χ2v) is 7.34. The summed E-state index contributed by atoms with van der Waals surface area (Å²) < 4.78 is 43.3. The zero-order valence-electron chi connectivity index (χ0n) is 14.9. The molecule has 25 heavy (non-hydrogen) atoms. The lowest BCUT2D eigenvalue weighted by Gasteiger charge is -2.20. The first-order valence-corrected chi connectivity index (χ1v) is 10.0. The number of guanidine groups is 1. The van der Waals surface area contributed by atoms with Crippen LogP contribution < -0.4 is 20.1 Å². The Morgan fingerprint density at radius 1 is 1.32 bits per heavy atom. The van der Waals surface area contributed by atoms with Crippen LogP contribution in [0.3, 0.4) is 0 Å². The molecule has 1 unspecified atom stereocenters. The van der Waals surface area contributed by atoms with Crippen molar-refractivity contribution in [2.75, 3.05) is 32.9 Å². The number of hydrogen-bond donors (Lipinski definition) is 3. The summed E-state index contributed by atoms with van der Waals surface area (Å²) in [5.41, 5.74) is 0. The van der Waals surface area contributed by atoms with Gasteiger partial charge in [-0.15, -0.1) is 0 Å². The van der Waals surface area contributed by atoms with Gasteiger partial charge in [0.25, 0.3) is 0 Å². The van der Waals surface area contributed by atoms with Crippen LogP contribution in [0.1, 0.15) is 19.8 Å². The van der Waals surface area contributed by atoms with Gasteiger partial charge in [-0.3, -0.25) is 4.99 Å². The van der Waals surface area contributed by atoms with Crippen molar-refractivity contribution < 1.29 is 17.5 Å². The summed E-state index contributed by atoms with van der Waals surface area (Å²) in [6.45, 7) is 3.43. The van der Waals surface area contributed by atoms with Crippen LogP contribution in [0.2, 0.25) is 0 Å². The van der Waals surface area contributed by atoms with E-state index in [2.05, 4.69) is 20.3 Å². The molecule has 1 atom stereocenters. The number of rotatable bonds is 10. The highest BCUT2D eigenvalue weighted by atomic mass is 32.2. The molecule has 142 valence electrons. The van der Waals surface area contributed by atoms with Crippen LogP contribution in [0.4, 0.5) is 4.39 Å². The first-order valence-electron chi connectivity index (χ1n) is 8.15. The van der Waals surface area contributed by atoms with Gasteiger partial charge < -0.3 is 15.4 Å². The van der Waals surface area contributed by atoms with Crippen molar-refractivity contribution in [2.45, 2.75) is 25.9 Å². The maximum atomic E-state index is 13.2. The van der Waals surface area contributed by atoms with E-state index in [0.29, 0.717) is 37.8 Å². The molecule has 3 N–H and O–H groups in total. The lowest BCUT2D eigenvalue weighted by molar-refractivity contribution is 0.199. The zero-order valence-corrected chi connectivity index (χ0v) is 15.7. The van der Waals surface area contributed by atoms with Gasteiger partial charge in [0.05, 0.1) is 12.8 Å². The Balaban J connectivity index is 2.34.